The molecule has 7 heteroatoms. The van der Waals surface area contributed by atoms with E-state index < -0.39 is 18.0 Å². The lowest BCUT2D eigenvalue weighted by Crippen LogP contribution is -2.24. The average Bonchev–Trinajstić information content (AvgIpc) is 2.39. The van der Waals surface area contributed by atoms with Crippen LogP contribution in [0.15, 0.2) is 18.2 Å². The first-order chi connectivity index (χ1) is 8.92. The van der Waals surface area contributed by atoms with Gasteiger partial charge in [-0.25, -0.2) is 0 Å². The van der Waals surface area contributed by atoms with Crippen LogP contribution < -0.4 is 5.32 Å². The van der Waals surface area contributed by atoms with E-state index in [1.54, 1.807) is 6.07 Å². The van der Waals surface area contributed by atoms with Gasteiger partial charge in [0, 0.05) is 19.9 Å². The van der Waals surface area contributed by atoms with Gasteiger partial charge in [-0.2, -0.15) is 18.4 Å². The molecule has 0 aromatic heterocycles. The van der Waals surface area contributed by atoms with Crippen molar-refractivity contribution >= 4 is 5.69 Å². The third-order valence-corrected chi connectivity index (χ3v) is 2.44. The molecule has 4 nitrogen and oxygen atoms in total. The Morgan fingerprint density at radius 3 is 2.42 bits per heavy atom. The number of alkyl halides is 3. The summed E-state index contributed by atoms with van der Waals surface area (Å²) in [4.78, 5) is 0. The summed E-state index contributed by atoms with van der Waals surface area (Å²) < 4.78 is 48.3. The monoisotopic (exact) mass is 274 g/mol. The Kier molecular flexibility index (Phi) is 5.15. The molecule has 104 valence electrons. The van der Waals surface area contributed by atoms with Crippen LogP contribution in [-0.4, -0.2) is 27.1 Å². The molecular weight excluding hydrogens is 261 g/mol. The molecule has 0 spiro atoms. The van der Waals surface area contributed by atoms with Crippen molar-refractivity contribution in [2.45, 2.75) is 12.5 Å². The van der Waals surface area contributed by atoms with Crippen LogP contribution in [-0.2, 0) is 15.7 Å². The summed E-state index contributed by atoms with van der Waals surface area (Å²) in [6, 6.07) is 5.00. The summed E-state index contributed by atoms with van der Waals surface area (Å²) in [5, 5.41) is 11.2. The van der Waals surface area contributed by atoms with E-state index in [1.807, 2.05) is 0 Å². The van der Waals surface area contributed by atoms with E-state index in [9.17, 15) is 13.2 Å². The zero-order valence-corrected chi connectivity index (χ0v) is 10.4. The number of hydrogen-bond acceptors (Lipinski definition) is 4. The molecule has 1 rings (SSSR count). The Labute approximate surface area is 108 Å². The van der Waals surface area contributed by atoms with E-state index in [-0.39, 0.29) is 17.8 Å². The van der Waals surface area contributed by atoms with Gasteiger partial charge in [-0.1, -0.05) is 0 Å². The number of benzene rings is 1. The zero-order chi connectivity index (χ0) is 14.5. The molecule has 0 aliphatic carbocycles. The number of methoxy groups -OCH3 is 2. The van der Waals surface area contributed by atoms with Crippen LogP contribution >= 0.6 is 0 Å². The summed E-state index contributed by atoms with van der Waals surface area (Å²) in [7, 11) is 2.78. The molecule has 0 amide bonds. The first kappa shape index (κ1) is 15.3. The van der Waals surface area contributed by atoms with Gasteiger partial charge in [-0.05, 0) is 18.2 Å². The van der Waals surface area contributed by atoms with Crippen LogP contribution in [0.3, 0.4) is 0 Å². The van der Waals surface area contributed by atoms with Crippen molar-refractivity contribution in [2.24, 2.45) is 0 Å². The van der Waals surface area contributed by atoms with Crippen LogP contribution in [0.1, 0.15) is 11.1 Å². The number of anilines is 1. The molecule has 1 aromatic carbocycles. The fourth-order valence-electron chi connectivity index (χ4n) is 1.46. The number of halogens is 3. The number of nitrogens with one attached hydrogen (secondary N) is 1. The number of nitriles is 1. The van der Waals surface area contributed by atoms with Gasteiger partial charge in [0.2, 0.25) is 0 Å². The Morgan fingerprint density at radius 2 is 1.95 bits per heavy atom. The largest absolute Gasteiger partial charge is 0.418 e. The van der Waals surface area contributed by atoms with Crippen molar-refractivity contribution in [2.75, 3.05) is 26.1 Å². The van der Waals surface area contributed by atoms with Crippen LogP contribution in [0, 0.1) is 11.3 Å². The third kappa shape index (κ3) is 4.12. The van der Waals surface area contributed by atoms with Crippen LogP contribution in [0.25, 0.3) is 0 Å². The van der Waals surface area contributed by atoms with Gasteiger partial charge >= 0.3 is 6.18 Å². The van der Waals surface area contributed by atoms with Gasteiger partial charge in [0.25, 0.3) is 0 Å². The van der Waals surface area contributed by atoms with E-state index in [0.29, 0.717) is 0 Å². The zero-order valence-electron chi connectivity index (χ0n) is 10.4. The molecule has 0 bridgehead atoms. The molecule has 0 saturated carbocycles. The smallest absolute Gasteiger partial charge is 0.379 e. The van der Waals surface area contributed by atoms with Crippen LogP contribution in [0.2, 0.25) is 0 Å². The number of ether oxygens (including phenoxy) is 2. The number of nitrogens with zero attached hydrogens (tertiary/aromatic N) is 1. The standard InChI is InChI=1S/C12H13F3N2O2/c1-18-11(19-2)7-17-10-4-3-8(6-16)5-9(10)12(13,14)15/h3-5,11,17H,7H2,1-2H3. The number of hydrogen-bond donors (Lipinski definition) is 1. The Morgan fingerprint density at radius 1 is 1.32 bits per heavy atom. The van der Waals surface area contributed by atoms with Gasteiger partial charge in [0.05, 0.1) is 23.7 Å². The van der Waals surface area contributed by atoms with Crippen LogP contribution in [0.5, 0.6) is 0 Å². The third-order valence-electron chi connectivity index (χ3n) is 2.44. The average molecular weight is 274 g/mol. The maximum atomic E-state index is 12.8. The highest BCUT2D eigenvalue weighted by Crippen LogP contribution is 2.35. The highest BCUT2D eigenvalue weighted by molar-refractivity contribution is 5.56. The molecule has 0 radical (unpaired) electrons. The van der Waals surface area contributed by atoms with Gasteiger partial charge in [-0.3, -0.25) is 0 Å². The second-order valence-corrected chi connectivity index (χ2v) is 3.65. The maximum absolute atomic E-state index is 12.8. The predicted octanol–water partition coefficient (Wildman–Crippen LogP) is 2.61. The first-order valence-corrected chi connectivity index (χ1v) is 5.33. The second-order valence-electron chi connectivity index (χ2n) is 3.65. The van der Waals surface area contributed by atoms with Crippen molar-refractivity contribution in [1.82, 2.24) is 0 Å². The Bertz CT molecular complexity index is 465. The minimum atomic E-state index is -4.54. The molecule has 1 aromatic rings. The summed E-state index contributed by atoms with van der Waals surface area (Å²) in [5.74, 6) is 0. The van der Waals surface area contributed by atoms with Crippen molar-refractivity contribution in [3.05, 3.63) is 29.3 Å². The lowest BCUT2D eigenvalue weighted by molar-refractivity contribution is -0.137. The molecule has 1 N–H and O–H groups in total. The molecule has 19 heavy (non-hydrogen) atoms. The summed E-state index contributed by atoms with van der Waals surface area (Å²) in [6.45, 7) is 0.0575. The fourth-order valence-corrected chi connectivity index (χ4v) is 1.46. The van der Waals surface area contributed by atoms with Gasteiger partial charge in [0.1, 0.15) is 0 Å². The van der Waals surface area contributed by atoms with Gasteiger partial charge < -0.3 is 14.8 Å². The topological polar surface area (TPSA) is 54.3 Å². The number of rotatable bonds is 5. The van der Waals surface area contributed by atoms with E-state index >= 15 is 0 Å². The highest BCUT2D eigenvalue weighted by Gasteiger charge is 2.34. The summed E-state index contributed by atoms with van der Waals surface area (Å²) in [6.07, 6.45) is -5.19. The molecule has 0 saturated heterocycles. The fraction of sp³-hybridized carbons (Fsp3) is 0.417. The molecule has 0 unspecified atom stereocenters. The molecule has 0 aliphatic rings. The summed E-state index contributed by atoms with van der Waals surface area (Å²) in [5.41, 5.74) is -1.06. The maximum Gasteiger partial charge on any atom is 0.418 e. The van der Waals surface area contributed by atoms with E-state index in [0.717, 1.165) is 6.07 Å². The SMILES string of the molecule is COC(CNc1ccc(C#N)cc1C(F)(F)F)OC. The minimum Gasteiger partial charge on any atom is -0.379 e. The molecule has 0 fully saturated rings. The predicted molar refractivity (Wildman–Crippen MR) is 62.5 cm³/mol. The molecule has 0 atom stereocenters. The normalized spacial score (nSPS) is 11.4. The van der Waals surface area contributed by atoms with Gasteiger partial charge in [0.15, 0.2) is 6.29 Å². The second kappa shape index (κ2) is 6.41. The molecule has 0 aliphatic heterocycles. The van der Waals surface area contributed by atoms with Gasteiger partial charge in [-0.15, -0.1) is 0 Å². The van der Waals surface area contributed by atoms with E-state index in [2.05, 4.69) is 5.32 Å². The first-order valence-electron chi connectivity index (χ1n) is 5.33. The van der Waals surface area contributed by atoms with Crippen molar-refractivity contribution in [3.63, 3.8) is 0 Å². The quantitative estimate of drug-likeness (QED) is 0.838. The van der Waals surface area contributed by atoms with Crippen molar-refractivity contribution < 1.29 is 22.6 Å². The van der Waals surface area contributed by atoms with E-state index in [1.165, 1.54) is 26.4 Å². The Hall–Kier alpha value is -1.78. The lowest BCUT2D eigenvalue weighted by Gasteiger charge is -2.18. The van der Waals surface area contributed by atoms with Crippen LogP contribution in [0.4, 0.5) is 18.9 Å². The van der Waals surface area contributed by atoms with Crippen molar-refractivity contribution in [1.29, 1.82) is 5.26 Å². The van der Waals surface area contributed by atoms with E-state index in [4.69, 9.17) is 14.7 Å². The molecule has 0 heterocycles. The summed E-state index contributed by atoms with van der Waals surface area (Å²) >= 11 is 0. The molecular formula is C12H13F3N2O2. The lowest BCUT2D eigenvalue weighted by atomic mass is 10.1. The highest BCUT2D eigenvalue weighted by atomic mass is 19.4. The van der Waals surface area contributed by atoms with Crippen molar-refractivity contribution in [3.8, 4) is 6.07 Å². The minimum absolute atomic E-state index is 0.0482. The Balaban J connectivity index is 2.97.